The Morgan fingerprint density at radius 1 is 1.29 bits per heavy atom. The molecule has 3 heterocycles. The molecular formula is C21H24BrN3O2S. The zero-order valence-corrected chi connectivity index (χ0v) is 18.7. The van der Waals surface area contributed by atoms with Gasteiger partial charge in [0.1, 0.15) is 6.04 Å². The second kappa shape index (κ2) is 8.33. The quantitative estimate of drug-likeness (QED) is 0.588. The summed E-state index contributed by atoms with van der Waals surface area (Å²) in [7, 11) is 1.68. The lowest BCUT2D eigenvalue weighted by Crippen LogP contribution is -2.35. The molecular weight excluding hydrogens is 438 g/mol. The van der Waals surface area contributed by atoms with Crippen molar-refractivity contribution < 1.29 is 9.47 Å². The summed E-state index contributed by atoms with van der Waals surface area (Å²) in [6.07, 6.45) is 2.91. The molecule has 0 aliphatic carbocycles. The zero-order valence-electron chi connectivity index (χ0n) is 16.3. The molecule has 0 amide bonds. The highest BCUT2D eigenvalue weighted by molar-refractivity contribution is 9.10. The van der Waals surface area contributed by atoms with Crippen LogP contribution in [0.5, 0.6) is 11.5 Å². The molecule has 0 spiro atoms. The minimum absolute atomic E-state index is 0.0257. The van der Waals surface area contributed by atoms with Crippen molar-refractivity contribution in [1.82, 2.24) is 9.88 Å². The second-order valence-electron chi connectivity index (χ2n) is 6.80. The molecule has 5 nitrogen and oxygen atoms in total. The van der Waals surface area contributed by atoms with Gasteiger partial charge in [0.2, 0.25) is 0 Å². The Hall–Kier alpha value is -1.73. The van der Waals surface area contributed by atoms with E-state index in [1.165, 1.54) is 0 Å². The van der Waals surface area contributed by atoms with E-state index in [1.807, 2.05) is 43.1 Å². The third kappa shape index (κ3) is 3.39. The molecule has 1 fully saturated rings. The number of pyridine rings is 1. The summed E-state index contributed by atoms with van der Waals surface area (Å²) in [6.45, 7) is 4.81. The van der Waals surface area contributed by atoms with Crippen molar-refractivity contribution in [3.8, 4) is 11.5 Å². The van der Waals surface area contributed by atoms with Crippen molar-refractivity contribution in [2.75, 3.05) is 19.5 Å². The van der Waals surface area contributed by atoms with Crippen LogP contribution in [-0.4, -0.2) is 40.6 Å². The van der Waals surface area contributed by atoms with Gasteiger partial charge in [0.25, 0.3) is 0 Å². The monoisotopic (exact) mass is 461 g/mol. The molecule has 1 aromatic heterocycles. The number of hydrogen-bond donors (Lipinski definition) is 0. The van der Waals surface area contributed by atoms with E-state index in [2.05, 4.69) is 44.9 Å². The van der Waals surface area contributed by atoms with E-state index in [1.54, 1.807) is 7.11 Å². The molecule has 28 heavy (non-hydrogen) atoms. The number of hydrogen-bond acceptors (Lipinski definition) is 6. The molecule has 0 N–H and O–H groups in total. The van der Waals surface area contributed by atoms with Crippen molar-refractivity contribution in [1.29, 1.82) is 0 Å². The molecule has 1 aromatic carbocycles. The highest BCUT2D eigenvalue weighted by atomic mass is 79.9. The van der Waals surface area contributed by atoms with Crippen LogP contribution in [0.25, 0.3) is 0 Å². The van der Waals surface area contributed by atoms with Crippen LogP contribution < -0.4 is 9.47 Å². The third-order valence-corrected chi connectivity index (χ3v) is 6.79. The van der Waals surface area contributed by atoms with Crippen LogP contribution in [0.15, 0.2) is 46.0 Å². The van der Waals surface area contributed by atoms with Gasteiger partial charge in [0.15, 0.2) is 16.7 Å². The highest BCUT2D eigenvalue weighted by Gasteiger charge is 2.46. The van der Waals surface area contributed by atoms with E-state index >= 15 is 0 Å². The van der Waals surface area contributed by atoms with Gasteiger partial charge in [0.05, 0.1) is 25.5 Å². The molecule has 3 atom stereocenters. The van der Waals surface area contributed by atoms with Gasteiger partial charge in [-0.05, 0) is 37.6 Å². The van der Waals surface area contributed by atoms with Gasteiger partial charge in [-0.2, -0.15) is 0 Å². The first-order valence-electron chi connectivity index (χ1n) is 9.58. The fourth-order valence-electron chi connectivity index (χ4n) is 3.95. The van der Waals surface area contributed by atoms with E-state index < -0.39 is 0 Å². The average molecular weight is 462 g/mol. The Kier molecular flexibility index (Phi) is 5.83. The first kappa shape index (κ1) is 19.6. The van der Waals surface area contributed by atoms with Crippen molar-refractivity contribution in [3.05, 3.63) is 52.3 Å². The van der Waals surface area contributed by atoms with Crippen LogP contribution in [0.2, 0.25) is 0 Å². The zero-order chi connectivity index (χ0) is 19.7. The number of fused-ring (bicyclic) bond motifs is 1. The number of methoxy groups -OCH3 is 1. The minimum Gasteiger partial charge on any atom is -0.493 e. The van der Waals surface area contributed by atoms with Crippen molar-refractivity contribution >= 4 is 32.9 Å². The first-order chi connectivity index (χ1) is 13.7. The smallest absolute Gasteiger partial charge is 0.166 e. The van der Waals surface area contributed by atoms with Crippen LogP contribution in [0.1, 0.15) is 43.6 Å². The lowest BCUT2D eigenvalue weighted by Gasteiger charge is -2.33. The highest BCUT2D eigenvalue weighted by Crippen LogP contribution is 2.52. The maximum atomic E-state index is 6.08. The van der Waals surface area contributed by atoms with Gasteiger partial charge < -0.3 is 14.4 Å². The van der Waals surface area contributed by atoms with Gasteiger partial charge in [-0.15, -0.1) is 0 Å². The Morgan fingerprint density at radius 2 is 2.14 bits per heavy atom. The number of benzene rings is 1. The maximum absolute atomic E-state index is 6.08. The molecule has 4 rings (SSSR count). The summed E-state index contributed by atoms with van der Waals surface area (Å²) >= 11 is 5.50. The van der Waals surface area contributed by atoms with Gasteiger partial charge in [-0.1, -0.05) is 40.7 Å². The fourth-order valence-corrected chi connectivity index (χ4v) is 5.74. The summed E-state index contributed by atoms with van der Waals surface area (Å²) in [5.74, 6) is 2.59. The molecule has 2 aliphatic rings. The molecule has 2 aromatic rings. The van der Waals surface area contributed by atoms with Gasteiger partial charge >= 0.3 is 0 Å². The van der Waals surface area contributed by atoms with E-state index in [4.69, 9.17) is 14.5 Å². The van der Waals surface area contributed by atoms with Crippen molar-refractivity contribution in [2.45, 2.75) is 38.4 Å². The summed E-state index contributed by atoms with van der Waals surface area (Å²) in [4.78, 5) is 12.2. The summed E-state index contributed by atoms with van der Waals surface area (Å²) < 4.78 is 12.7. The van der Waals surface area contributed by atoms with Crippen molar-refractivity contribution in [3.63, 3.8) is 0 Å². The molecule has 2 aliphatic heterocycles. The molecule has 0 unspecified atom stereocenters. The van der Waals surface area contributed by atoms with Gasteiger partial charge in [-0.3, -0.25) is 9.98 Å². The van der Waals surface area contributed by atoms with E-state index in [-0.39, 0.29) is 12.1 Å². The molecule has 1 saturated heterocycles. The predicted octanol–water partition coefficient (Wildman–Crippen LogP) is 5.23. The normalized spacial score (nSPS) is 23.5. The summed E-state index contributed by atoms with van der Waals surface area (Å²) in [5, 5.41) is 1.11. The number of aromatic nitrogens is 1. The predicted molar refractivity (Wildman–Crippen MR) is 117 cm³/mol. The van der Waals surface area contributed by atoms with E-state index in [0.717, 1.165) is 44.6 Å². The number of thioether (sulfide) groups is 1. The fraction of sp³-hybridized carbons (Fsp3) is 0.429. The number of rotatable bonds is 6. The summed E-state index contributed by atoms with van der Waals surface area (Å²) in [6, 6.07) is 10.5. The van der Waals surface area contributed by atoms with Gasteiger partial charge in [-0.25, -0.2) is 0 Å². The number of aliphatic imine (C=N–C) groups is 1. The third-order valence-electron chi connectivity index (χ3n) is 5.21. The van der Waals surface area contributed by atoms with E-state index in [0.29, 0.717) is 12.6 Å². The second-order valence-corrected chi connectivity index (χ2v) is 8.70. The summed E-state index contributed by atoms with van der Waals surface area (Å²) in [5.41, 5.74) is 2.06. The first-order valence-corrected chi connectivity index (χ1v) is 11.4. The number of amidine groups is 1. The Labute approximate surface area is 178 Å². The van der Waals surface area contributed by atoms with Gasteiger partial charge in [0, 0.05) is 28.0 Å². The topological polar surface area (TPSA) is 47.0 Å². The number of nitrogens with zero attached hydrogens (tertiary/aromatic N) is 3. The van der Waals surface area contributed by atoms with Crippen molar-refractivity contribution in [2.24, 2.45) is 4.99 Å². The van der Waals surface area contributed by atoms with Crippen LogP contribution in [0.4, 0.5) is 0 Å². The Balaban J connectivity index is 1.88. The van der Waals surface area contributed by atoms with E-state index in [9.17, 15) is 0 Å². The molecule has 148 valence electrons. The molecule has 0 radical (unpaired) electrons. The molecule has 0 saturated carbocycles. The maximum Gasteiger partial charge on any atom is 0.166 e. The Bertz CT molecular complexity index is 877. The van der Waals surface area contributed by atoms with Crippen LogP contribution >= 0.6 is 27.7 Å². The lowest BCUT2D eigenvalue weighted by atomic mass is 9.94. The standard InChI is InChI=1S/C21H24BrN3O2S/c1-4-14-12-28-21-24-18(16-8-6-7-9-23-16)19(25(14)21)15-10-13(22)11-17(26-3)20(15)27-5-2/h6-11,14,18-19H,4-5,12H2,1-3H3/t14-,18+,19+/m1/s1. The lowest BCUT2D eigenvalue weighted by molar-refractivity contribution is 0.240. The van der Waals surface area contributed by atoms with Crippen LogP contribution in [-0.2, 0) is 0 Å². The van der Waals surface area contributed by atoms with Crippen LogP contribution in [0, 0.1) is 0 Å². The molecule has 0 bridgehead atoms. The SMILES string of the molecule is CCOc1c(OC)cc(Br)cc1[C@H]1[C@H](c2ccccn2)N=C2SC[C@@H](CC)N21. The molecule has 7 heteroatoms. The van der Waals surface area contributed by atoms with Crippen LogP contribution in [0.3, 0.4) is 0 Å². The average Bonchev–Trinajstić information content (AvgIpc) is 3.28. The Morgan fingerprint density at radius 3 is 2.82 bits per heavy atom. The number of halogens is 1. The number of ether oxygens (including phenoxy) is 2. The largest absolute Gasteiger partial charge is 0.493 e. The minimum atomic E-state index is -0.0729.